The lowest BCUT2D eigenvalue weighted by atomic mass is 9.79. The molecule has 8 heteroatoms. The summed E-state index contributed by atoms with van der Waals surface area (Å²) in [6, 6.07) is 16.6. The molecular weight excluding hydrogens is 422 g/mol. The number of para-hydroxylation sites is 2. The number of nitrogens with one attached hydrogen (secondary N) is 1. The SMILES string of the molecule is CC(=O)N1c2ccccc2NC2=C(C(=O)C[C@@H](c3cccc([N+](=O)[O-])c3)C2)[C@H]1c1ccco1. The normalized spacial score (nSPS) is 19.9. The molecule has 0 bridgehead atoms. The standard InChI is InChI=1S/C25H21N3O5/c1-15(29)27-21-9-3-2-8-19(21)26-20-13-17(16-6-4-7-18(12-16)28(31)32)14-22(30)24(20)25(27)23-10-5-11-33-23/h2-12,17,25-26H,13-14H2,1H3/t17-,25+/m0/s1. The van der Waals surface area contributed by atoms with E-state index in [0.29, 0.717) is 34.8 Å². The summed E-state index contributed by atoms with van der Waals surface area (Å²) in [7, 11) is 0. The van der Waals surface area contributed by atoms with Crippen LogP contribution < -0.4 is 10.2 Å². The van der Waals surface area contributed by atoms with Gasteiger partial charge in [-0.25, -0.2) is 0 Å². The Morgan fingerprint density at radius 2 is 1.94 bits per heavy atom. The Kier molecular flexibility index (Phi) is 5.05. The third-order valence-electron chi connectivity index (χ3n) is 6.19. The topological polar surface area (TPSA) is 106 Å². The molecule has 0 unspecified atom stereocenters. The summed E-state index contributed by atoms with van der Waals surface area (Å²) < 4.78 is 5.69. The van der Waals surface area contributed by atoms with Gasteiger partial charge in [0, 0.05) is 36.7 Å². The molecule has 0 radical (unpaired) electrons. The number of hydrogen-bond donors (Lipinski definition) is 1. The van der Waals surface area contributed by atoms with E-state index in [0.717, 1.165) is 5.56 Å². The van der Waals surface area contributed by atoms with Crippen LogP contribution in [0, 0.1) is 10.1 Å². The van der Waals surface area contributed by atoms with Gasteiger partial charge >= 0.3 is 0 Å². The van der Waals surface area contributed by atoms with E-state index in [1.165, 1.54) is 25.3 Å². The predicted molar refractivity (Wildman–Crippen MR) is 122 cm³/mol. The van der Waals surface area contributed by atoms with Gasteiger partial charge in [0.2, 0.25) is 5.91 Å². The monoisotopic (exact) mass is 443 g/mol. The number of fused-ring (bicyclic) bond motifs is 1. The molecular formula is C25H21N3O5. The van der Waals surface area contributed by atoms with Crippen molar-refractivity contribution >= 4 is 28.8 Å². The highest BCUT2D eigenvalue weighted by Crippen LogP contribution is 2.47. The van der Waals surface area contributed by atoms with Crippen molar-refractivity contribution in [3.63, 3.8) is 0 Å². The van der Waals surface area contributed by atoms with Gasteiger partial charge < -0.3 is 9.73 Å². The maximum atomic E-state index is 13.6. The number of rotatable bonds is 3. The number of benzene rings is 2. The maximum absolute atomic E-state index is 13.6. The zero-order valence-corrected chi connectivity index (χ0v) is 17.9. The Bertz CT molecular complexity index is 1290. The van der Waals surface area contributed by atoms with Crippen LogP contribution in [-0.2, 0) is 9.59 Å². The van der Waals surface area contributed by atoms with Gasteiger partial charge in [-0.1, -0.05) is 24.3 Å². The Morgan fingerprint density at radius 1 is 1.12 bits per heavy atom. The average molecular weight is 443 g/mol. The van der Waals surface area contributed by atoms with Crippen LogP contribution in [0.25, 0.3) is 0 Å². The van der Waals surface area contributed by atoms with E-state index in [-0.39, 0.29) is 29.7 Å². The van der Waals surface area contributed by atoms with Crippen molar-refractivity contribution in [1.29, 1.82) is 0 Å². The van der Waals surface area contributed by atoms with Crippen LogP contribution in [0.15, 0.2) is 82.6 Å². The minimum atomic E-state index is -0.706. The molecule has 1 aliphatic carbocycles. The van der Waals surface area contributed by atoms with Crippen LogP contribution in [0.3, 0.4) is 0 Å². The minimum absolute atomic E-state index is 0.00452. The molecule has 3 aromatic rings. The number of carbonyl (C=O) groups is 2. The van der Waals surface area contributed by atoms with Crippen LogP contribution in [0.1, 0.15) is 43.0 Å². The third kappa shape index (κ3) is 3.59. The number of carbonyl (C=O) groups excluding carboxylic acids is 2. The first-order valence-electron chi connectivity index (χ1n) is 10.6. The van der Waals surface area contributed by atoms with E-state index in [1.807, 2.05) is 30.3 Å². The highest BCUT2D eigenvalue weighted by molar-refractivity contribution is 6.05. The number of Topliss-reactive ketones (excluding diaryl/α,β-unsaturated/α-hetero) is 1. The molecule has 1 amide bonds. The first kappa shape index (κ1) is 20.7. The van der Waals surface area contributed by atoms with Crippen molar-refractivity contribution < 1.29 is 18.9 Å². The highest BCUT2D eigenvalue weighted by atomic mass is 16.6. The van der Waals surface area contributed by atoms with Crippen molar-refractivity contribution in [2.24, 2.45) is 0 Å². The lowest BCUT2D eigenvalue weighted by molar-refractivity contribution is -0.384. The van der Waals surface area contributed by atoms with Gasteiger partial charge in [-0.15, -0.1) is 0 Å². The number of non-ortho nitro benzene ring substituents is 1. The van der Waals surface area contributed by atoms with Crippen LogP contribution in [-0.4, -0.2) is 16.6 Å². The second kappa shape index (κ2) is 8.05. The van der Waals surface area contributed by atoms with Gasteiger partial charge in [0.15, 0.2) is 5.78 Å². The zero-order valence-electron chi connectivity index (χ0n) is 17.9. The summed E-state index contributed by atoms with van der Waals surface area (Å²) >= 11 is 0. The number of furan rings is 1. The van der Waals surface area contributed by atoms with Crippen LogP contribution in [0.4, 0.5) is 17.1 Å². The van der Waals surface area contributed by atoms with Crippen molar-refractivity contribution in [3.8, 4) is 0 Å². The van der Waals surface area contributed by atoms with Crippen molar-refractivity contribution in [1.82, 2.24) is 0 Å². The van der Waals surface area contributed by atoms with E-state index in [9.17, 15) is 19.7 Å². The Labute approximate surface area is 189 Å². The maximum Gasteiger partial charge on any atom is 0.269 e. The minimum Gasteiger partial charge on any atom is -0.467 e. The number of hydrogen-bond acceptors (Lipinski definition) is 6. The summed E-state index contributed by atoms with van der Waals surface area (Å²) in [5, 5.41) is 14.6. The van der Waals surface area contributed by atoms with Crippen molar-refractivity contribution in [2.75, 3.05) is 10.2 Å². The van der Waals surface area contributed by atoms with Gasteiger partial charge in [0.25, 0.3) is 5.69 Å². The number of allylic oxidation sites excluding steroid dienone is 1. The molecule has 0 spiro atoms. The largest absolute Gasteiger partial charge is 0.467 e. The zero-order chi connectivity index (χ0) is 23.1. The number of anilines is 2. The summed E-state index contributed by atoms with van der Waals surface area (Å²) in [5.41, 5.74) is 3.28. The van der Waals surface area contributed by atoms with E-state index < -0.39 is 11.0 Å². The number of nitro benzene ring substituents is 1. The molecule has 2 aromatic carbocycles. The molecule has 5 rings (SSSR count). The Hall–Kier alpha value is -4.20. The van der Waals surface area contributed by atoms with Gasteiger partial charge in [0.05, 0.1) is 22.6 Å². The van der Waals surface area contributed by atoms with Gasteiger partial charge in [-0.2, -0.15) is 0 Å². The summed E-state index contributed by atoms with van der Waals surface area (Å²) in [6.07, 6.45) is 2.18. The van der Waals surface area contributed by atoms with Crippen LogP contribution in [0.2, 0.25) is 0 Å². The fraction of sp³-hybridized carbons (Fsp3) is 0.200. The number of ketones is 1. The fourth-order valence-corrected chi connectivity index (χ4v) is 4.78. The Balaban J connectivity index is 1.66. The highest BCUT2D eigenvalue weighted by Gasteiger charge is 2.42. The first-order chi connectivity index (χ1) is 15.9. The lowest BCUT2D eigenvalue weighted by Gasteiger charge is -2.33. The second-order valence-electron chi connectivity index (χ2n) is 8.22. The summed E-state index contributed by atoms with van der Waals surface area (Å²) in [4.78, 5) is 38.9. The fourth-order valence-electron chi connectivity index (χ4n) is 4.78. The van der Waals surface area contributed by atoms with E-state index >= 15 is 0 Å². The molecule has 1 aliphatic heterocycles. The molecule has 1 aromatic heterocycles. The van der Waals surface area contributed by atoms with Crippen molar-refractivity contribution in [2.45, 2.75) is 31.7 Å². The molecule has 0 saturated carbocycles. The molecule has 1 N–H and O–H groups in total. The van der Waals surface area contributed by atoms with Crippen molar-refractivity contribution in [3.05, 3.63) is 99.6 Å². The van der Waals surface area contributed by atoms with Crippen LogP contribution >= 0.6 is 0 Å². The molecule has 0 fully saturated rings. The van der Waals surface area contributed by atoms with Gasteiger partial charge in [-0.05, 0) is 42.2 Å². The molecule has 166 valence electrons. The quantitative estimate of drug-likeness (QED) is 0.445. The second-order valence-corrected chi connectivity index (χ2v) is 8.22. The Morgan fingerprint density at radius 3 is 2.67 bits per heavy atom. The molecule has 2 heterocycles. The van der Waals surface area contributed by atoms with E-state index in [1.54, 1.807) is 23.1 Å². The molecule has 0 saturated heterocycles. The number of nitrogens with zero attached hydrogens (tertiary/aromatic N) is 2. The van der Waals surface area contributed by atoms with E-state index in [2.05, 4.69) is 5.32 Å². The lowest BCUT2D eigenvalue weighted by Crippen LogP contribution is -2.37. The summed E-state index contributed by atoms with van der Waals surface area (Å²) in [5.74, 6) is -0.0657. The molecule has 2 atom stereocenters. The predicted octanol–water partition coefficient (Wildman–Crippen LogP) is 5.11. The number of nitro groups is 1. The van der Waals surface area contributed by atoms with Gasteiger partial charge in [-0.3, -0.25) is 24.6 Å². The summed E-state index contributed by atoms with van der Waals surface area (Å²) in [6.45, 7) is 1.47. The molecule has 2 aliphatic rings. The average Bonchev–Trinajstić information content (AvgIpc) is 3.28. The smallest absolute Gasteiger partial charge is 0.269 e. The van der Waals surface area contributed by atoms with E-state index in [4.69, 9.17) is 4.42 Å². The molecule has 8 nitrogen and oxygen atoms in total. The number of amides is 1. The third-order valence-corrected chi connectivity index (χ3v) is 6.19. The first-order valence-corrected chi connectivity index (χ1v) is 10.6. The van der Waals surface area contributed by atoms with Crippen LogP contribution in [0.5, 0.6) is 0 Å². The molecule has 33 heavy (non-hydrogen) atoms. The van der Waals surface area contributed by atoms with Gasteiger partial charge in [0.1, 0.15) is 11.8 Å².